The number of ether oxygens (including phenoxy) is 1. The van der Waals surface area contributed by atoms with E-state index in [1.165, 1.54) is 0 Å². The van der Waals surface area contributed by atoms with Crippen molar-refractivity contribution in [2.75, 3.05) is 36.9 Å². The molecule has 0 atom stereocenters. The number of likely N-dealkylation sites (tertiary alicyclic amines) is 1. The molecule has 1 aliphatic rings. The van der Waals surface area contributed by atoms with Gasteiger partial charge in [0, 0.05) is 30.0 Å². The molecule has 0 spiro atoms. The van der Waals surface area contributed by atoms with Crippen molar-refractivity contribution < 1.29 is 14.3 Å². The molecular formula is C25H33N3O3. The second kappa shape index (κ2) is 10.8. The van der Waals surface area contributed by atoms with Gasteiger partial charge in [-0.3, -0.25) is 9.59 Å². The molecule has 0 radical (unpaired) electrons. The molecule has 0 aromatic heterocycles. The molecule has 0 aliphatic carbocycles. The summed E-state index contributed by atoms with van der Waals surface area (Å²) in [6.45, 7) is 8.90. The normalized spacial score (nSPS) is 14.4. The topological polar surface area (TPSA) is 70.7 Å². The number of hydrogen-bond acceptors (Lipinski definition) is 4. The van der Waals surface area contributed by atoms with E-state index in [0.717, 1.165) is 37.4 Å². The molecule has 0 bridgehead atoms. The second-order valence-corrected chi connectivity index (χ2v) is 8.68. The number of carbonyl (C=O) groups excluding carboxylic acids is 2. The number of piperidine rings is 1. The predicted octanol–water partition coefficient (Wildman–Crippen LogP) is 4.64. The highest BCUT2D eigenvalue weighted by Crippen LogP contribution is 2.19. The molecule has 1 fully saturated rings. The van der Waals surface area contributed by atoms with Gasteiger partial charge in [-0.05, 0) is 73.2 Å². The van der Waals surface area contributed by atoms with Crippen LogP contribution in [0.3, 0.4) is 0 Å². The Morgan fingerprint density at radius 3 is 2.23 bits per heavy atom. The summed E-state index contributed by atoms with van der Waals surface area (Å²) in [4.78, 5) is 26.8. The van der Waals surface area contributed by atoms with Gasteiger partial charge in [0.05, 0.1) is 13.2 Å². The quantitative estimate of drug-likeness (QED) is 0.649. The van der Waals surface area contributed by atoms with E-state index >= 15 is 0 Å². The molecule has 3 rings (SSSR count). The minimum absolute atomic E-state index is 0.0623. The van der Waals surface area contributed by atoms with Crippen molar-refractivity contribution in [3.8, 4) is 5.75 Å². The Bertz CT molecular complexity index is 855. The van der Waals surface area contributed by atoms with Gasteiger partial charge in [0.2, 0.25) is 5.91 Å². The van der Waals surface area contributed by atoms with Crippen LogP contribution < -0.4 is 15.4 Å². The van der Waals surface area contributed by atoms with E-state index < -0.39 is 0 Å². The van der Waals surface area contributed by atoms with Crippen LogP contribution in [0.5, 0.6) is 5.75 Å². The lowest BCUT2D eigenvalue weighted by Crippen LogP contribution is -2.37. The summed E-state index contributed by atoms with van der Waals surface area (Å²) < 4.78 is 5.66. The second-order valence-electron chi connectivity index (χ2n) is 8.68. The SMILES string of the molecule is CC(C)COc1ccc(NCC(=O)Nc2ccc(C(=O)N3CCC(C)CC3)cc2)cc1. The average molecular weight is 424 g/mol. The van der Waals surface area contributed by atoms with Gasteiger partial charge < -0.3 is 20.3 Å². The van der Waals surface area contributed by atoms with Gasteiger partial charge >= 0.3 is 0 Å². The molecular weight excluding hydrogens is 390 g/mol. The smallest absolute Gasteiger partial charge is 0.253 e. The van der Waals surface area contributed by atoms with Crippen LogP contribution in [0.25, 0.3) is 0 Å². The molecule has 6 nitrogen and oxygen atoms in total. The van der Waals surface area contributed by atoms with Crippen LogP contribution in [0.2, 0.25) is 0 Å². The first-order chi connectivity index (χ1) is 14.9. The monoisotopic (exact) mass is 423 g/mol. The summed E-state index contributed by atoms with van der Waals surface area (Å²) in [6, 6.07) is 14.7. The van der Waals surface area contributed by atoms with Crippen molar-refractivity contribution in [2.24, 2.45) is 11.8 Å². The summed E-state index contributed by atoms with van der Waals surface area (Å²) in [6.07, 6.45) is 2.11. The van der Waals surface area contributed by atoms with E-state index in [2.05, 4.69) is 31.4 Å². The Balaban J connectivity index is 1.44. The predicted molar refractivity (Wildman–Crippen MR) is 125 cm³/mol. The van der Waals surface area contributed by atoms with Gasteiger partial charge in [0.25, 0.3) is 5.91 Å². The molecule has 31 heavy (non-hydrogen) atoms. The first kappa shape index (κ1) is 22.7. The number of carbonyl (C=O) groups is 2. The van der Waals surface area contributed by atoms with Crippen molar-refractivity contribution in [1.82, 2.24) is 4.90 Å². The van der Waals surface area contributed by atoms with Gasteiger partial charge in [-0.15, -0.1) is 0 Å². The third-order valence-electron chi connectivity index (χ3n) is 5.38. The molecule has 0 saturated carbocycles. The zero-order valence-corrected chi connectivity index (χ0v) is 18.7. The Morgan fingerprint density at radius 1 is 1.00 bits per heavy atom. The molecule has 1 saturated heterocycles. The lowest BCUT2D eigenvalue weighted by Gasteiger charge is -2.30. The number of anilines is 2. The van der Waals surface area contributed by atoms with Gasteiger partial charge in [-0.2, -0.15) is 0 Å². The zero-order valence-electron chi connectivity index (χ0n) is 18.7. The molecule has 2 aromatic rings. The summed E-state index contributed by atoms with van der Waals surface area (Å²) in [5.41, 5.74) is 2.18. The highest BCUT2D eigenvalue weighted by atomic mass is 16.5. The molecule has 6 heteroatoms. The van der Waals surface area contributed by atoms with E-state index in [1.807, 2.05) is 29.2 Å². The largest absolute Gasteiger partial charge is 0.493 e. The van der Waals surface area contributed by atoms with Crippen molar-refractivity contribution >= 4 is 23.2 Å². The van der Waals surface area contributed by atoms with Gasteiger partial charge in [-0.25, -0.2) is 0 Å². The lowest BCUT2D eigenvalue weighted by molar-refractivity contribution is -0.114. The Kier molecular flexibility index (Phi) is 7.93. The first-order valence-electron chi connectivity index (χ1n) is 11.1. The van der Waals surface area contributed by atoms with Crippen LogP contribution in [0.15, 0.2) is 48.5 Å². The summed E-state index contributed by atoms with van der Waals surface area (Å²) >= 11 is 0. The minimum atomic E-state index is -0.149. The van der Waals surface area contributed by atoms with E-state index in [1.54, 1.807) is 24.3 Å². The molecule has 1 aliphatic heterocycles. The van der Waals surface area contributed by atoms with E-state index in [9.17, 15) is 9.59 Å². The number of benzene rings is 2. The number of amides is 2. The zero-order chi connectivity index (χ0) is 22.2. The summed E-state index contributed by atoms with van der Waals surface area (Å²) in [7, 11) is 0. The summed E-state index contributed by atoms with van der Waals surface area (Å²) in [5, 5.41) is 5.96. The standard InChI is InChI=1S/C25H33N3O3/c1-18(2)17-31-23-10-8-21(9-11-23)26-16-24(29)27-22-6-4-20(5-7-22)25(30)28-14-12-19(3)13-15-28/h4-11,18-19,26H,12-17H2,1-3H3,(H,27,29). The van der Waals surface area contributed by atoms with E-state index in [4.69, 9.17) is 4.74 Å². The van der Waals surface area contributed by atoms with Crippen molar-refractivity contribution in [1.29, 1.82) is 0 Å². The molecule has 0 unspecified atom stereocenters. The Hall–Kier alpha value is -3.02. The Labute approximate surface area is 185 Å². The third kappa shape index (κ3) is 7.02. The van der Waals surface area contributed by atoms with Crippen LogP contribution in [0.1, 0.15) is 44.0 Å². The fraction of sp³-hybridized carbons (Fsp3) is 0.440. The number of rotatable bonds is 8. The fourth-order valence-electron chi connectivity index (χ4n) is 3.41. The van der Waals surface area contributed by atoms with Crippen molar-refractivity contribution in [3.05, 3.63) is 54.1 Å². The van der Waals surface area contributed by atoms with Crippen LogP contribution in [0, 0.1) is 11.8 Å². The maximum atomic E-state index is 12.6. The molecule has 2 N–H and O–H groups in total. The van der Waals surface area contributed by atoms with Gasteiger partial charge in [0.15, 0.2) is 0 Å². The molecule has 2 amide bonds. The first-order valence-corrected chi connectivity index (χ1v) is 11.1. The molecule has 1 heterocycles. The fourth-order valence-corrected chi connectivity index (χ4v) is 3.41. The number of hydrogen-bond donors (Lipinski definition) is 2. The van der Waals surface area contributed by atoms with Gasteiger partial charge in [0.1, 0.15) is 5.75 Å². The third-order valence-corrected chi connectivity index (χ3v) is 5.38. The molecule has 166 valence electrons. The average Bonchev–Trinajstić information content (AvgIpc) is 2.77. The van der Waals surface area contributed by atoms with Crippen LogP contribution in [0.4, 0.5) is 11.4 Å². The highest BCUT2D eigenvalue weighted by molar-refractivity contribution is 5.96. The van der Waals surface area contributed by atoms with Crippen molar-refractivity contribution in [2.45, 2.75) is 33.6 Å². The number of nitrogens with one attached hydrogen (secondary N) is 2. The number of nitrogens with zero attached hydrogens (tertiary/aromatic N) is 1. The Morgan fingerprint density at radius 2 is 1.61 bits per heavy atom. The summed E-state index contributed by atoms with van der Waals surface area (Å²) in [5.74, 6) is 1.89. The van der Waals surface area contributed by atoms with Crippen molar-refractivity contribution in [3.63, 3.8) is 0 Å². The van der Waals surface area contributed by atoms with Crippen LogP contribution in [-0.2, 0) is 4.79 Å². The van der Waals surface area contributed by atoms with Gasteiger partial charge in [-0.1, -0.05) is 20.8 Å². The highest BCUT2D eigenvalue weighted by Gasteiger charge is 2.21. The maximum absolute atomic E-state index is 12.6. The van der Waals surface area contributed by atoms with Crippen LogP contribution in [-0.4, -0.2) is 43.0 Å². The van der Waals surface area contributed by atoms with E-state index in [0.29, 0.717) is 29.7 Å². The lowest BCUT2D eigenvalue weighted by atomic mass is 9.98. The molecule has 2 aromatic carbocycles. The minimum Gasteiger partial charge on any atom is -0.493 e. The van der Waals surface area contributed by atoms with E-state index in [-0.39, 0.29) is 18.4 Å². The van der Waals surface area contributed by atoms with Crippen LogP contribution >= 0.6 is 0 Å². The maximum Gasteiger partial charge on any atom is 0.253 e.